The fourth-order valence-electron chi connectivity index (χ4n) is 3.38. The van der Waals surface area contributed by atoms with E-state index in [-0.39, 0.29) is 23.0 Å². The van der Waals surface area contributed by atoms with E-state index in [9.17, 15) is 14.7 Å². The number of ketones is 1. The normalized spacial score (nSPS) is 17.9. The van der Waals surface area contributed by atoms with Crippen LogP contribution < -0.4 is 0 Å². The second-order valence-electron chi connectivity index (χ2n) is 7.18. The molecule has 0 radical (unpaired) electrons. The van der Waals surface area contributed by atoms with Gasteiger partial charge in [0.05, 0.1) is 11.6 Å². The average molecular weight is 379 g/mol. The third-order valence-electron chi connectivity index (χ3n) is 4.90. The molecule has 1 aliphatic rings. The molecule has 1 atom stereocenters. The Kier molecular flexibility index (Phi) is 7.01. The van der Waals surface area contributed by atoms with Gasteiger partial charge in [0.1, 0.15) is 0 Å². The molecule has 2 rings (SSSR count). The summed E-state index contributed by atoms with van der Waals surface area (Å²) in [5.41, 5.74) is 1.32. The summed E-state index contributed by atoms with van der Waals surface area (Å²) in [5.74, 6) is -0.753. The second kappa shape index (κ2) is 8.82. The van der Waals surface area contributed by atoms with Crippen molar-refractivity contribution in [1.29, 1.82) is 0 Å². The molecule has 1 unspecified atom stereocenters. The molecule has 1 aliphatic heterocycles. The van der Waals surface area contributed by atoms with E-state index in [4.69, 9.17) is 0 Å². The minimum Gasteiger partial charge on any atom is -0.503 e. The van der Waals surface area contributed by atoms with Gasteiger partial charge in [-0.05, 0) is 42.9 Å². The van der Waals surface area contributed by atoms with Crippen LogP contribution in [0.4, 0.5) is 0 Å². The second-order valence-corrected chi connectivity index (χ2v) is 8.13. The van der Waals surface area contributed by atoms with Crippen molar-refractivity contribution in [2.75, 3.05) is 26.2 Å². The monoisotopic (exact) mass is 378 g/mol. The Morgan fingerprint density at radius 2 is 2.00 bits per heavy atom. The zero-order valence-electron chi connectivity index (χ0n) is 16.4. The lowest BCUT2D eigenvalue weighted by molar-refractivity contribution is -0.129. The molecule has 144 valence electrons. The van der Waals surface area contributed by atoms with Crippen LogP contribution in [0.1, 0.15) is 50.6 Å². The maximum absolute atomic E-state index is 12.8. The number of thiophene rings is 1. The summed E-state index contributed by atoms with van der Waals surface area (Å²) in [6.45, 7) is 13.1. The van der Waals surface area contributed by atoms with Crippen molar-refractivity contribution >= 4 is 23.0 Å². The number of nitrogens with zero attached hydrogens (tertiary/aromatic N) is 2. The Balaban J connectivity index is 2.38. The molecule has 5 nitrogen and oxygen atoms in total. The summed E-state index contributed by atoms with van der Waals surface area (Å²) < 4.78 is 0. The van der Waals surface area contributed by atoms with E-state index >= 15 is 0 Å². The maximum atomic E-state index is 12.8. The van der Waals surface area contributed by atoms with Crippen molar-refractivity contribution in [2.45, 2.75) is 47.1 Å². The van der Waals surface area contributed by atoms with E-state index in [1.165, 1.54) is 11.3 Å². The van der Waals surface area contributed by atoms with Gasteiger partial charge in [-0.3, -0.25) is 9.59 Å². The summed E-state index contributed by atoms with van der Waals surface area (Å²) in [4.78, 5) is 30.5. The fraction of sp³-hybridized carbons (Fsp3) is 0.600. The van der Waals surface area contributed by atoms with Crippen molar-refractivity contribution in [3.8, 4) is 0 Å². The number of carbonyl (C=O) groups excluding carboxylic acids is 2. The van der Waals surface area contributed by atoms with Crippen LogP contribution in [0, 0.1) is 12.8 Å². The average Bonchev–Trinajstić information content (AvgIpc) is 3.10. The number of likely N-dealkylation sites (N-methyl/N-ethyl adjacent to an activating group) is 1. The molecule has 26 heavy (non-hydrogen) atoms. The first-order valence-electron chi connectivity index (χ1n) is 9.35. The summed E-state index contributed by atoms with van der Waals surface area (Å²) in [7, 11) is 0. The van der Waals surface area contributed by atoms with Crippen LogP contribution in [0.15, 0.2) is 22.8 Å². The van der Waals surface area contributed by atoms with Gasteiger partial charge in [-0.25, -0.2) is 0 Å². The Hall–Kier alpha value is -1.66. The highest BCUT2D eigenvalue weighted by Crippen LogP contribution is 2.41. The molecule has 0 aliphatic carbocycles. The predicted octanol–water partition coefficient (Wildman–Crippen LogP) is 3.71. The van der Waals surface area contributed by atoms with Gasteiger partial charge in [-0.15, -0.1) is 11.3 Å². The van der Waals surface area contributed by atoms with Crippen molar-refractivity contribution in [2.24, 2.45) is 5.92 Å². The summed E-state index contributed by atoms with van der Waals surface area (Å²) >= 11 is 1.54. The van der Waals surface area contributed by atoms with Crippen molar-refractivity contribution < 1.29 is 14.7 Å². The lowest BCUT2D eigenvalue weighted by atomic mass is 9.94. The Bertz CT molecular complexity index is 689. The Labute approximate surface area is 160 Å². The fourth-order valence-corrected chi connectivity index (χ4v) is 4.42. The Morgan fingerprint density at radius 1 is 1.35 bits per heavy atom. The molecule has 1 aromatic heterocycles. The van der Waals surface area contributed by atoms with Crippen LogP contribution in [-0.4, -0.2) is 52.8 Å². The topological polar surface area (TPSA) is 60.9 Å². The van der Waals surface area contributed by atoms with Gasteiger partial charge in [-0.2, -0.15) is 0 Å². The highest BCUT2D eigenvalue weighted by Gasteiger charge is 2.44. The quantitative estimate of drug-likeness (QED) is 0.712. The van der Waals surface area contributed by atoms with Crippen molar-refractivity contribution in [3.63, 3.8) is 0 Å². The number of aliphatic hydroxyl groups excluding tert-OH is 1. The van der Waals surface area contributed by atoms with Gasteiger partial charge in [0.2, 0.25) is 0 Å². The third kappa shape index (κ3) is 4.18. The Morgan fingerprint density at radius 3 is 2.50 bits per heavy atom. The molecule has 0 saturated heterocycles. The standard InChI is InChI=1S/C20H30N2O3S/c1-6-21(7-2)9-10-22-17(19-14(5)8-11-26-19)16(18(24)20(22)25)15(23)12-13(3)4/h8,11,13,17,24H,6-7,9-10,12H2,1-5H3. The van der Waals surface area contributed by atoms with Gasteiger partial charge in [0.25, 0.3) is 5.91 Å². The van der Waals surface area contributed by atoms with Crippen LogP contribution in [-0.2, 0) is 9.59 Å². The molecule has 0 aromatic carbocycles. The van der Waals surface area contributed by atoms with Crippen LogP contribution in [0.3, 0.4) is 0 Å². The number of aryl methyl sites for hydroxylation is 1. The number of amides is 1. The SMILES string of the molecule is CCN(CC)CCN1C(=O)C(O)=C(C(=O)CC(C)C)C1c1sccc1C. The smallest absolute Gasteiger partial charge is 0.290 e. The van der Waals surface area contributed by atoms with Crippen LogP contribution in [0.2, 0.25) is 0 Å². The number of hydrogen-bond acceptors (Lipinski definition) is 5. The molecule has 0 bridgehead atoms. The molecule has 2 heterocycles. The van der Waals surface area contributed by atoms with Gasteiger partial charge in [-0.1, -0.05) is 27.7 Å². The molecule has 1 N–H and O–H groups in total. The van der Waals surface area contributed by atoms with E-state index < -0.39 is 11.9 Å². The number of carbonyl (C=O) groups is 2. The number of aliphatic hydroxyl groups is 1. The molecule has 6 heteroatoms. The molecular weight excluding hydrogens is 348 g/mol. The lowest BCUT2D eigenvalue weighted by Crippen LogP contribution is -2.38. The first-order valence-corrected chi connectivity index (χ1v) is 10.2. The van der Waals surface area contributed by atoms with Crippen LogP contribution >= 0.6 is 11.3 Å². The third-order valence-corrected chi connectivity index (χ3v) is 5.97. The zero-order chi connectivity index (χ0) is 19.4. The molecule has 0 fully saturated rings. The van der Waals surface area contributed by atoms with Gasteiger partial charge in [0.15, 0.2) is 11.5 Å². The van der Waals surface area contributed by atoms with Gasteiger partial charge < -0.3 is 14.9 Å². The van der Waals surface area contributed by atoms with E-state index in [1.54, 1.807) is 4.90 Å². The minimum absolute atomic E-state index is 0.131. The lowest BCUT2D eigenvalue weighted by Gasteiger charge is -2.29. The van der Waals surface area contributed by atoms with E-state index in [2.05, 4.69) is 18.7 Å². The molecular formula is C20H30N2O3S. The van der Waals surface area contributed by atoms with Crippen molar-refractivity contribution in [3.05, 3.63) is 33.2 Å². The van der Waals surface area contributed by atoms with Crippen LogP contribution in [0.25, 0.3) is 0 Å². The first-order chi connectivity index (χ1) is 12.3. The summed E-state index contributed by atoms with van der Waals surface area (Å²) in [6.07, 6.45) is 0.331. The molecule has 0 spiro atoms. The van der Waals surface area contributed by atoms with Gasteiger partial charge >= 0.3 is 0 Å². The molecule has 0 saturated carbocycles. The molecule has 1 amide bonds. The largest absolute Gasteiger partial charge is 0.503 e. The first kappa shape index (κ1) is 20.6. The minimum atomic E-state index is -0.468. The predicted molar refractivity (Wildman–Crippen MR) is 105 cm³/mol. The maximum Gasteiger partial charge on any atom is 0.290 e. The highest BCUT2D eigenvalue weighted by atomic mass is 32.1. The summed E-state index contributed by atoms with van der Waals surface area (Å²) in [6, 6.07) is 1.52. The van der Waals surface area contributed by atoms with E-state index in [0.29, 0.717) is 13.0 Å². The number of Topliss-reactive ketones (excluding diaryl/α,β-unsaturated/α-hetero) is 1. The van der Waals surface area contributed by atoms with Crippen LogP contribution in [0.5, 0.6) is 0 Å². The van der Waals surface area contributed by atoms with Gasteiger partial charge in [0, 0.05) is 24.4 Å². The highest BCUT2D eigenvalue weighted by molar-refractivity contribution is 7.10. The number of hydrogen-bond donors (Lipinski definition) is 1. The molecule has 1 aromatic rings. The number of rotatable bonds is 9. The summed E-state index contributed by atoms with van der Waals surface area (Å²) in [5, 5.41) is 12.5. The van der Waals surface area contributed by atoms with Crippen molar-refractivity contribution in [1.82, 2.24) is 9.80 Å². The van der Waals surface area contributed by atoms with E-state index in [0.717, 1.165) is 30.1 Å². The zero-order valence-corrected chi connectivity index (χ0v) is 17.2. The van der Waals surface area contributed by atoms with E-state index in [1.807, 2.05) is 32.2 Å².